The van der Waals surface area contributed by atoms with Gasteiger partial charge in [0.25, 0.3) is 0 Å². The fourth-order valence-corrected chi connectivity index (χ4v) is 5.08. The number of benzene rings is 2. The predicted molar refractivity (Wildman–Crippen MR) is 139 cm³/mol. The molecule has 32 heavy (non-hydrogen) atoms. The first-order valence-corrected chi connectivity index (χ1v) is 12.4. The highest BCUT2D eigenvalue weighted by atomic mass is 15.0. The van der Waals surface area contributed by atoms with Gasteiger partial charge >= 0.3 is 0 Å². The zero-order valence-electron chi connectivity index (χ0n) is 20.5. The molecule has 4 aromatic rings. The molecule has 0 saturated carbocycles. The van der Waals surface area contributed by atoms with E-state index in [1.165, 1.54) is 65.0 Å². The Morgan fingerprint density at radius 2 is 1.69 bits per heavy atom. The van der Waals surface area contributed by atoms with E-state index in [0.29, 0.717) is 5.92 Å². The number of fused-ring (bicyclic) bond motifs is 4. The molecule has 2 bridgehead atoms. The SMILES string of the molecule is CC1CCC(C)(C)c2cc3c(cc2-c2ccccn2)c2ccccc2n3C1.CCCCC. The number of unbranched alkanes of at least 4 members (excludes halogenated alkanes) is 2. The van der Waals surface area contributed by atoms with Gasteiger partial charge in [-0.3, -0.25) is 4.98 Å². The van der Waals surface area contributed by atoms with E-state index in [4.69, 9.17) is 4.98 Å². The Labute approximate surface area is 193 Å². The maximum Gasteiger partial charge on any atom is 0.0705 e. The fourth-order valence-electron chi connectivity index (χ4n) is 5.08. The van der Waals surface area contributed by atoms with Crippen molar-refractivity contribution >= 4 is 21.8 Å². The lowest BCUT2D eigenvalue weighted by Crippen LogP contribution is -2.19. The number of aromatic nitrogens is 2. The van der Waals surface area contributed by atoms with Gasteiger partial charge in [-0.05, 0) is 60.1 Å². The number of rotatable bonds is 3. The van der Waals surface area contributed by atoms with Crippen molar-refractivity contribution in [3.63, 3.8) is 0 Å². The summed E-state index contributed by atoms with van der Waals surface area (Å²) in [5.41, 5.74) is 6.63. The van der Waals surface area contributed by atoms with E-state index in [1.807, 2.05) is 12.3 Å². The standard InChI is InChI=1S/C25H26N2.C5H12/c1-17-11-12-25(2,3)21-15-24-19(14-20(21)22-9-6-7-13-26-22)18-8-4-5-10-23(18)27(24)16-17;1-3-5-4-2/h4-10,13-15,17H,11-12,16H2,1-3H3;3-5H2,1-2H3. The van der Waals surface area contributed by atoms with E-state index in [2.05, 4.69) is 87.7 Å². The van der Waals surface area contributed by atoms with Gasteiger partial charge in [0.05, 0.1) is 5.69 Å². The lowest BCUT2D eigenvalue weighted by molar-refractivity contribution is 0.380. The first-order valence-electron chi connectivity index (χ1n) is 12.4. The first kappa shape index (κ1) is 22.6. The molecule has 0 fully saturated rings. The molecule has 5 rings (SSSR count). The van der Waals surface area contributed by atoms with Gasteiger partial charge in [-0.25, -0.2) is 0 Å². The highest BCUT2D eigenvalue weighted by molar-refractivity contribution is 6.09. The summed E-state index contributed by atoms with van der Waals surface area (Å²) < 4.78 is 2.54. The van der Waals surface area contributed by atoms with E-state index >= 15 is 0 Å². The summed E-state index contributed by atoms with van der Waals surface area (Å²) in [6.07, 6.45) is 8.41. The molecule has 2 heteroatoms. The third-order valence-electron chi connectivity index (χ3n) is 7.05. The smallest absolute Gasteiger partial charge is 0.0705 e. The van der Waals surface area contributed by atoms with Crippen molar-refractivity contribution < 1.29 is 0 Å². The monoisotopic (exact) mass is 426 g/mol. The van der Waals surface area contributed by atoms with E-state index in [-0.39, 0.29) is 5.41 Å². The summed E-state index contributed by atoms with van der Waals surface area (Å²) in [4.78, 5) is 4.70. The van der Waals surface area contributed by atoms with Crippen LogP contribution in [0, 0.1) is 5.92 Å². The molecule has 0 amide bonds. The largest absolute Gasteiger partial charge is 0.340 e. The summed E-state index contributed by atoms with van der Waals surface area (Å²) in [7, 11) is 0. The molecule has 3 heterocycles. The predicted octanol–water partition coefficient (Wildman–Crippen LogP) is 8.76. The van der Waals surface area contributed by atoms with Crippen LogP contribution >= 0.6 is 0 Å². The highest BCUT2D eigenvalue weighted by Crippen LogP contribution is 2.42. The molecular weight excluding hydrogens is 388 g/mol. The summed E-state index contributed by atoms with van der Waals surface area (Å²) in [6.45, 7) is 12.7. The van der Waals surface area contributed by atoms with E-state index in [0.717, 1.165) is 12.2 Å². The molecule has 0 N–H and O–H groups in total. The molecule has 0 radical (unpaired) electrons. The zero-order valence-corrected chi connectivity index (χ0v) is 20.5. The molecule has 1 aliphatic rings. The van der Waals surface area contributed by atoms with Gasteiger partial charge < -0.3 is 4.57 Å². The number of hydrogen-bond acceptors (Lipinski definition) is 1. The average molecular weight is 427 g/mol. The molecule has 1 aliphatic heterocycles. The Bertz CT molecular complexity index is 1180. The van der Waals surface area contributed by atoms with Crippen LogP contribution in [0.2, 0.25) is 0 Å². The molecule has 2 aromatic heterocycles. The van der Waals surface area contributed by atoms with Crippen molar-refractivity contribution in [2.75, 3.05) is 0 Å². The Kier molecular flexibility index (Phi) is 6.69. The Morgan fingerprint density at radius 1 is 0.938 bits per heavy atom. The zero-order chi connectivity index (χ0) is 22.7. The summed E-state index contributed by atoms with van der Waals surface area (Å²) in [6, 6.07) is 19.9. The molecule has 0 aliphatic carbocycles. The van der Waals surface area contributed by atoms with E-state index in [9.17, 15) is 0 Å². The first-order chi connectivity index (χ1) is 15.5. The third kappa shape index (κ3) is 4.33. The minimum absolute atomic E-state index is 0.126. The number of nitrogens with zero attached hydrogens (tertiary/aromatic N) is 2. The molecule has 2 nitrogen and oxygen atoms in total. The second kappa shape index (κ2) is 9.48. The third-order valence-corrected chi connectivity index (χ3v) is 7.05. The van der Waals surface area contributed by atoms with Crippen molar-refractivity contribution in [2.45, 2.75) is 78.7 Å². The second-order valence-corrected chi connectivity index (χ2v) is 10.1. The van der Waals surface area contributed by atoms with Crippen LogP contribution in [-0.2, 0) is 12.0 Å². The Morgan fingerprint density at radius 3 is 2.38 bits per heavy atom. The number of para-hydroxylation sites is 1. The van der Waals surface area contributed by atoms with Crippen LogP contribution in [0.25, 0.3) is 33.1 Å². The molecule has 1 unspecified atom stereocenters. The molecular formula is C30H38N2. The van der Waals surface area contributed by atoms with Crippen LogP contribution in [-0.4, -0.2) is 9.55 Å². The van der Waals surface area contributed by atoms with Gasteiger partial charge in [0.15, 0.2) is 0 Å². The van der Waals surface area contributed by atoms with E-state index in [1.54, 1.807) is 0 Å². The second-order valence-electron chi connectivity index (χ2n) is 10.1. The molecule has 0 saturated heterocycles. The highest BCUT2D eigenvalue weighted by Gasteiger charge is 2.29. The summed E-state index contributed by atoms with van der Waals surface area (Å²) >= 11 is 0. The molecule has 1 atom stereocenters. The lowest BCUT2D eigenvalue weighted by Gasteiger charge is -2.28. The Balaban J connectivity index is 0.000000444. The van der Waals surface area contributed by atoms with Gasteiger partial charge in [0.2, 0.25) is 0 Å². The number of hydrogen-bond donors (Lipinski definition) is 0. The van der Waals surface area contributed by atoms with Crippen LogP contribution in [0.5, 0.6) is 0 Å². The van der Waals surface area contributed by atoms with E-state index < -0.39 is 0 Å². The van der Waals surface area contributed by atoms with Gasteiger partial charge in [0, 0.05) is 40.1 Å². The van der Waals surface area contributed by atoms with Crippen molar-refractivity contribution in [3.05, 3.63) is 66.4 Å². The van der Waals surface area contributed by atoms with Crippen LogP contribution in [0.15, 0.2) is 60.8 Å². The lowest BCUT2D eigenvalue weighted by atomic mass is 9.76. The van der Waals surface area contributed by atoms with Crippen LogP contribution in [0.4, 0.5) is 0 Å². The maximum atomic E-state index is 4.70. The van der Waals surface area contributed by atoms with Gasteiger partial charge in [-0.1, -0.05) is 78.1 Å². The molecule has 0 spiro atoms. The minimum Gasteiger partial charge on any atom is -0.340 e. The average Bonchev–Trinajstić information content (AvgIpc) is 3.12. The Hall–Kier alpha value is -2.61. The summed E-state index contributed by atoms with van der Waals surface area (Å²) in [5, 5.41) is 2.70. The van der Waals surface area contributed by atoms with Crippen molar-refractivity contribution in [1.29, 1.82) is 0 Å². The molecule has 2 aromatic carbocycles. The maximum absolute atomic E-state index is 4.70. The summed E-state index contributed by atoms with van der Waals surface area (Å²) in [5.74, 6) is 0.663. The minimum atomic E-state index is 0.126. The number of pyridine rings is 1. The quantitative estimate of drug-likeness (QED) is 0.320. The van der Waals surface area contributed by atoms with Crippen LogP contribution in [0.3, 0.4) is 0 Å². The van der Waals surface area contributed by atoms with Crippen molar-refractivity contribution in [1.82, 2.24) is 9.55 Å². The molecule has 168 valence electrons. The van der Waals surface area contributed by atoms with Crippen LogP contribution < -0.4 is 0 Å². The van der Waals surface area contributed by atoms with Crippen molar-refractivity contribution in [3.8, 4) is 11.3 Å². The van der Waals surface area contributed by atoms with Gasteiger partial charge in [-0.2, -0.15) is 0 Å². The normalized spacial score (nSPS) is 17.5. The van der Waals surface area contributed by atoms with Gasteiger partial charge in [0.1, 0.15) is 0 Å². The van der Waals surface area contributed by atoms with Gasteiger partial charge in [-0.15, -0.1) is 0 Å². The van der Waals surface area contributed by atoms with Crippen LogP contribution in [0.1, 0.15) is 72.3 Å². The fraction of sp³-hybridized carbons (Fsp3) is 0.433. The van der Waals surface area contributed by atoms with Crippen molar-refractivity contribution in [2.24, 2.45) is 5.92 Å². The topological polar surface area (TPSA) is 17.8 Å².